The van der Waals surface area contributed by atoms with Crippen LogP contribution in [0.15, 0.2) is 18.2 Å². The number of hydrogen-bond donors (Lipinski definition) is 1. The summed E-state index contributed by atoms with van der Waals surface area (Å²) < 4.78 is 30.8. The number of ether oxygens (including phenoxy) is 1. The third-order valence-corrected chi connectivity index (χ3v) is 1.85. The highest BCUT2D eigenvalue weighted by Crippen LogP contribution is 2.13. The summed E-state index contributed by atoms with van der Waals surface area (Å²) in [5.74, 6) is -1.16. The molecular weight excluding hydrogens is 200 g/mol. The molecule has 0 aliphatic carbocycles. The van der Waals surface area contributed by atoms with E-state index in [2.05, 4.69) is 5.32 Å². The van der Waals surface area contributed by atoms with Gasteiger partial charge in [-0.1, -0.05) is 0 Å². The standard InChI is InChI=1S/C11H15F2NO/c1-3-15-7-8(2)14-11-5-9(12)4-10(13)6-11/h4-6,8,14H,3,7H2,1-2H3. The fraction of sp³-hybridized carbons (Fsp3) is 0.455. The van der Waals surface area contributed by atoms with E-state index in [0.717, 1.165) is 6.07 Å². The lowest BCUT2D eigenvalue weighted by Crippen LogP contribution is -2.21. The van der Waals surface area contributed by atoms with Crippen LogP contribution >= 0.6 is 0 Å². The van der Waals surface area contributed by atoms with Crippen molar-refractivity contribution < 1.29 is 13.5 Å². The summed E-state index contributed by atoms with van der Waals surface area (Å²) in [6, 6.07) is 3.38. The highest BCUT2D eigenvalue weighted by molar-refractivity contribution is 5.44. The number of rotatable bonds is 5. The molecule has 1 rings (SSSR count). The van der Waals surface area contributed by atoms with E-state index in [1.165, 1.54) is 12.1 Å². The van der Waals surface area contributed by atoms with Crippen molar-refractivity contribution in [2.75, 3.05) is 18.5 Å². The Morgan fingerprint density at radius 2 is 1.87 bits per heavy atom. The highest BCUT2D eigenvalue weighted by atomic mass is 19.1. The van der Waals surface area contributed by atoms with Gasteiger partial charge in [-0.2, -0.15) is 0 Å². The summed E-state index contributed by atoms with van der Waals surface area (Å²) in [5, 5.41) is 2.95. The van der Waals surface area contributed by atoms with Crippen LogP contribution in [0.3, 0.4) is 0 Å². The van der Waals surface area contributed by atoms with E-state index < -0.39 is 11.6 Å². The van der Waals surface area contributed by atoms with Gasteiger partial charge in [0.05, 0.1) is 6.61 Å². The van der Waals surface area contributed by atoms with Crippen molar-refractivity contribution in [3.05, 3.63) is 29.8 Å². The van der Waals surface area contributed by atoms with E-state index in [0.29, 0.717) is 18.9 Å². The Hall–Kier alpha value is -1.16. The lowest BCUT2D eigenvalue weighted by molar-refractivity contribution is 0.141. The monoisotopic (exact) mass is 215 g/mol. The molecule has 1 aromatic rings. The minimum absolute atomic E-state index is 0.0196. The number of halogens is 2. The summed E-state index contributed by atoms with van der Waals surface area (Å²) >= 11 is 0. The molecule has 0 fully saturated rings. The zero-order chi connectivity index (χ0) is 11.3. The predicted octanol–water partition coefficient (Wildman–Crippen LogP) is 2.80. The molecule has 1 unspecified atom stereocenters. The molecule has 0 saturated heterocycles. The third-order valence-electron chi connectivity index (χ3n) is 1.85. The summed E-state index contributed by atoms with van der Waals surface area (Å²) in [6.45, 7) is 4.92. The van der Waals surface area contributed by atoms with Crippen LogP contribution in [0.5, 0.6) is 0 Å². The second-order valence-electron chi connectivity index (χ2n) is 3.36. The second kappa shape index (κ2) is 5.66. The molecule has 4 heteroatoms. The van der Waals surface area contributed by atoms with Gasteiger partial charge < -0.3 is 10.1 Å². The van der Waals surface area contributed by atoms with E-state index in [1.807, 2.05) is 13.8 Å². The van der Waals surface area contributed by atoms with Crippen molar-refractivity contribution in [3.8, 4) is 0 Å². The minimum Gasteiger partial charge on any atom is -0.380 e. The molecule has 15 heavy (non-hydrogen) atoms. The first-order chi connectivity index (χ1) is 7.11. The smallest absolute Gasteiger partial charge is 0.128 e. The van der Waals surface area contributed by atoms with Crippen molar-refractivity contribution in [1.29, 1.82) is 0 Å². The van der Waals surface area contributed by atoms with Gasteiger partial charge in [0.2, 0.25) is 0 Å². The van der Waals surface area contributed by atoms with Crippen LogP contribution in [-0.4, -0.2) is 19.3 Å². The van der Waals surface area contributed by atoms with Crippen LogP contribution in [0.1, 0.15) is 13.8 Å². The molecule has 2 nitrogen and oxygen atoms in total. The molecule has 1 atom stereocenters. The normalized spacial score (nSPS) is 12.5. The number of hydrogen-bond acceptors (Lipinski definition) is 2. The minimum atomic E-state index is -0.582. The van der Waals surface area contributed by atoms with Crippen LogP contribution in [0.2, 0.25) is 0 Å². The summed E-state index contributed by atoms with van der Waals surface area (Å²) in [7, 11) is 0. The van der Waals surface area contributed by atoms with Gasteiger partial charge >= 0.3 is 0 Å². The maximum atomic E-state index is 12.8. The van der Waals surface area contributed by atoms with Gasteiger partial charge in [-0.05, 0) is 26.0 Å². The predicted molar refractivity (Wildman–Crippen MR) is 55.9 cm³/mol. The Kier molecular flexibility index (Phi) is 4.49. The maximum Gasteiger partial charge on any atom is 0.128 e. The fourth-order valence-corrected chi connectivity index (χ4v) is 1.26. The van der Waals surface area contributed by atoms with Crippen molar-refractivity contribution in [2.24, 2.45) is 0 Å². The van der Waals surface area contributed by atoms with Crippen LogP contribution in [0.4, 0.5) is 14.5 Å². The zero-order valence-electron chi connectivity index (χ0n) is 8.89. The van der Waals surface area contributed by atoms with Crippen molar-refractivity contribution in [2.45, 2.75) is 19.9 Å². The van der Waals surface area contributed by atoms with E-state index in [4.69, 9.17) is 4.74 Å². The molecule has 0 bridgehead atoms. The molecule has 0 aliphatic rings. The van der Waals surface area contributed by atoms with Gasteiger partial charge in [-0.15, -0.1) is 0 Å². The Balaban J connectivity index is 2.56. The van der Waals surface area contributed by atoms with Crippen molar-refractivity contribution in [3.63, 3.8) is 0 Å². The van der Waals surface area contributed by atoms with E-state index in [-0.39, 0.29) is 6.04 Å². The summed E-state index contributed by atoms with van der Waals surface area (Å²) in [4.78, 5) is 0. The first-order valence-corrected chi connectivity index (χ1v) is 4.92. The van der Waals surface area contributed by atoms with Gasteiger partial charge in [-0.3, -0.25) is 0 Å². The number of anilines is 1. The van der Waals surface area contributed by atoms with Crippen LogP contribution < -0.4 is 5.32 Å². The van der Waals surface area contributed by atoms with Gasteiger partial charge in [0.15, 0.2) is 0 Å². The average Bonchev–Trinajstić information content (AvgIpc) is 2.13. The van der Waals surface area contributed by atoms with Crippen LogP contribution in [0, 0.1) is 11.6 Å². The van der Waals surface area contributed by atoms with E-state index >= 15 is 0 Å². The van der Waals surface area contributed by atoms with Crippen LogP contribution in [0.25, 0.3) is 0 Å². The average molecular weight is 215 g/mol. The van der Waals surface area contributed by atoms with Gasteiger partial charge in [0.25, 0.3) is 0 Å². The molecule has 84 valence electrons. The first kappa shape index (κ1) is 11.9. The fourth-order valence-electron chi connectivity index (χ4n) is 1.26. The number of nitrogens with one attached hydrogen (secondary N) is 1. The van der Waals surface area contributed by atoms with Crippen molar-refractivity contribution in [1.82, 2.24) is 0 Å². The lowest BCUT2D eigenvalue weighted by Gasteiger charge is -2.14. The molecule has 0 saturated carbocycles. The Morgan fingerprint density at radius 1 is 1.27 bits per heavy atom. The maximum absolute atomic E-state index is 12.8. The topological polar surface area (TPSA) is 21.3 Å². The molecule has 0 heterocycles. The molecule has 0 aliphatic heterocycles. The number of benzene rings is 1. The summed E-state index contributed by atoms with van der Waals surface area (Å²) in [6.07, 6.45) is 0. The Morgan fingerprint density at radius 3 is 2.40 bits per heavy atom. The van der Waals surface area contributed by atoms with Crippen molar-refractivity contribution >= 4 is 5.69 Å². The molecule has 0 spiro atoms. The molecule has 0 amide bonds. The van der Waals surface area contributed by atoms with E-state index in [1.54, 1.807) is 0 Å². The second-order valence-corrected chi connectivity index (χ2v) is 3.36. The van der Waals surface area contributed by atoms with E-state index in [9.17, 15) is 8.78 Å². The largest absolute Gasteiger partial charge is 0.380 e. The van der Waals surface area contributed by atoms with Gasteiger partial charge in [-0.25, -0.2) is 8.78 Å². The highest BCUT2D eigenvalue weighted by Gasteiger charge is 2.04. The molecule has 0 aromatic heterocycles. The zero-order valence-corrected chi connectivity index (χ0v) is 8.89. The Labute approximate surface area is 88.3 Å². The lowest BCUT2D eigenvalue weighted by atomic mass is 10.2. The molecule has 0 radical (unpaired) electrons. The van der Waals surface area contributed by atoms with Crippen LogP contribution in [-0.2, 0) is 4.74 Å². The van der Waals surface area contributed by atoms with Gasteiger partial charge in [0, 0.05) is 24.4 Å². The van der Waals surface area contributed by atoms with Gasteiger partial charge in [0.1, 0.15) is 11.6 Å². The summed E-state index contributed by atoms with van der Waals surface area (Å²) in [5.41, 5.74) is 0.430. The quantitative estimate of drug-likeness (QED) is 0.815. The molecule has 1 aromatic carbocycles. The first-order valence-electron chi connectivity index (χ1n) is 4.92. The molecular formula is C11H15F2NO. The Bertz CT molecular complexity index is 297. The third kappa shape index (κ3) is 4.25. The molecule has 1 N–H and O–H groups in total. The SMILES string of the molecule is CCOCC(C)Nc1cc(F)cc(F)c1.